The van der Waals surface area contributed by atoms with Gasteiger partial charge in [0, 0.05) is 12.1 Å². The second kappa shape index (κ2) is 5.87. The van der Waals surface area contributed by atoms with Gasteiger partial charge in [0.25, 0.3) is 0 Å². The van der Waals surface area contributed by atoms with Crippen LogP contribution >= 0.6 is 0 Å². The molecule has 0 aliphatic rings. The highest BCUT2D eigenvalue weighted by Crippen LogP contribution is 2.15. The summed E-state index contributed by atoms with van der Waals surface area (Å²) in [5, 5.41) is 3.47. The third kappa shape index (κ3) is 5.55. The summed E-state index contributed by atoms with van der Waals surface area (Å²) < 4.78 is 5.21. The van der Waals surface area contributed by atoms with Crippen LogP contribution in [-0.4, -0.2) is 19.2 Å². The van der Waals surface area contributed by atoms with Crippen molar-refractivity contribution in [1.29, 1.82) is 0 Å². The van der Waals surface area contributed by atoms with E-state index in [1.165, 1.54) is 11.1 Å². The molecule has 2 nitrogen and oxygen atoms in total. The van der Waals surface area contributed by atoms with Gasteiger partial charge in [-0.3, -0.25) is 0 Å². The van der Waals surface area contributed by atoms with E-state index in [-0.39, 0.29) is 5.54 Å². The van der Waals surface area contributed by atoms with Crippen molar-refractivity contribution in [3.05, 3.63) is 35.4 Å². The molecule has 0 saturated heterocycles. The number of methoxy groups -OCH3 is 1. The van der Waals surface area contributed by atoms with Crippen LogP contribution in [0.25, 0.3) is 6.08 Å². The monoisotopic (exact) mass is 233 g/mol. The number of hydrogen-bond donors (Lipinski definition) is 1. The summed E-state index contributed by atoms with van der Waals surface area (Å²) in [6, 6.07) is 8.10. The lowest BCUT2D eigenvalue weighted by Crippen LogP contribution is -2.36. The molecule has 0 unspecified atom stereocenters. The minimum atomic E-state index is 0.156. The zero-order chi connectivity index (χ0) is 12.9. The molecule has 1 aromatic carbocycles. The van der Waals surface area contributed by atoms with Gasteiger partial charge in [0.2, 0.25) is 0 Å². The maximum absolute atomic E-state index is 5.21. The highest BCUT2D eigenvalue weighted by Gasteiger charge is 2.07. The normalized spacial score (nSPS) is 12.6. The lowest BCUT2D eigenvalue weighted by atomic mass is 10.1. The Morgan fingerprint density at radius 3 is 2.65 bits per heavy atom. The lowest BCUT2D eigenvalue weighted by Gasteiger charge is -2.20. The largest absolute Gasteiger partial charge is 0.497 e. The molecule has 94 valence electrons. The molecule has 0 fully saturated rings. The molecule has 0 aromatic heterocycles. The maximum Gasteiger partial charge on any atom is 0.119 e. The molecule has 17 heavy (non-hydrogen) atoms. The topological polar surface area (TPSA) is 21.3 Å². The van der Waals surface area contributed by atoms with Crippen LogP contribution in [-0.2, 0) is 0 Å². The van der Waals surface area contributed by atoms with E-state index in [0.717, 1.165) is 12.3 Å². The Hall–Kier alpha value is -1.28. The summed E-state index contributed by atoms with van der Waals surface area (Å²) in [6.45, 7) is 9.56. The number of benzene rings is 1. The van der Waals surface area contributed by atoms with Crippen molar-refractivity contribution in [2.24, 2.45) is 0 Å². The van der Waals surface area contributed by atoms with Crippen molar-refractivity contribution >= 4 is 6.08 Å². The highest BCUT2D eigenvalue weighted by atomic mass is 16.5. The first-order valence-electron chi connectivity index (χ1n) is 5.97. The highest BCUT2D eigenvalue weighted by molar-refractivity contribution is 5.54. The lowest BCUT2D eigenvalue weighted by molar-refractivity contribution is 0.414. The maximum atomic E-state index is 5.21. The number of ether oxygens (including phenoxy) is 1. The third-order valence-corrected chi connectivity index (χ3v) is 2.40. The van der Waals surface area contributed by atoms with Gasteiger partial charge in [0.15, 0.2) is 0 Å². The first kappa shape index (κ1) is 13.8. The molecule has 0 atom stereocenters. The third-order valence-electron chi connectivity index (χ3n) is 2.40. The smallest absolute Gasteiger partial charge is 0.119 e. The van der Waals surface area contributed by atoms with Crippen LogP contribution in [0.5, 0.6) is 5.75 Å². The Labute approximate surface area is 105 Å². The summed E-state index contributed by atoms with van der Waals surface area (Å²) in [6.07, 6.45) is 2.18. The van der Waals surface area contributed by atoms with Crippen LogP contribution in [0.4, 0.5) is 0 Å². The summed E-state index contributed by atoms with van der Waals surface area (Å²) in [7, 11) is 1.69. The zero-order valence-electron chi connectivity index (χ0n) is 11.5. The number of nitrogens with one attached hydrogen (secondary N) is 1. The molecule has 0 bridgehead atoms. The SMILES string of the molecule is COc1cccc(C=C(C)CNC(C)(C)C)c1. The quantitative estimate of drug-likeness (QED) is 0.859. The van der Waals surface area contributed by atoms with Crippen molar-refractivity contribution in [1.82, 2.24) is 5.32 Å². The summed E-state index contributed by atoms with van der Waals surface area (Å²) in [5.41, 5.74) is 2.65. The Kier molecular flexibility index (Phi) is 4.76. The van der Waals surface area contributed by atoms with E-state index in [2.05, 4.69) is 45.2 Å². The first-order chi connectivity index (χ1) is 7.90. The van der Waals surface area contributed by atoms with Gasteiger partial charge in [-0.15, -0.1) is 0 Å². The molecule has 0 aliphatic heterocycles. The second-order valence-corrected chi connectivity index (χ2v) is 5.37. The van der Waals surface area contributed by atoms with Crippen LogP contribution in [0.15, 0.2) is 29.8 Å². The van der Waals surface area contributed by atoms with Gasteiger partial charge in [0.05, 0.1) is 7.11 Å². The fourth-order valence-electron chi connectivity index (χ4n) is 1.47. The molecule has 1 N–H and O–H groups in total. The van der Waals surface area contributed by atoms with E-state index in [9.17, 15) is 0 Å². The second-order valence-electron chi connectivity index (χ2n) is 5.37. The van der Waals surface area contributed by atoms with Gasteiger partial charge in [-0.2, -0.15) is 0 Å². The van der Waals surface area contributed by atoms with Crippen molar-refractivity contribution in [3.63, 3.8) is 0 Å². The molecule has 0 spiro atoms. The molecular formula is C15H23NO. The molecule has 1 aromatic rings. The Morgan fingerprint density at radius 2 is 2.06 bits per heavy atom. The van der Waals surface area contributed by atoms with Crippen molar-refractivity contribution in [2.45, 2.75) is 33.2 Å². The Morgan fingerprint density at radius 1 is 1.35 bits per heavy atom. The predicted octanol–water partition coefficient (Wildman–Crippen LogP) is 3.49. The van der Waals surface area contributed by atoms with Crippen LogP contribution in [0.1, 0.15) is 33.3 Å². The van der Waals surface area contributed by atoms with Gasteiger partial charge in [-0.05, 0) is 45.4 Å². The molecule has 0 saturated carbocycles. The molecule has 0 amide bonds. The average molecular weight is 233 g/mol. The van der Waals surface area contributed by atoms with Crippen LogP contribution in [0.3, 0.4) is 0 Å². The van der Waals surface area contributed by atoms with Crippen molar-refractivity contribution in [3.8, 4) is 5.75 Å². The van der Waals surface area contributed by atoms with Gasteiger partial charge >= 0.3 is 0 Å². The van der Waals surface area contributed by atoms with E-state index in [0.29, 0.717) is 0 Å². The summed E-state index contributed by atoms with van der Waals surface area (Å²) >= 11 is 0. The van der Waals surface area contributed by atoms with E-state index >= 15 is 0 Å². The fraction of sp³-hybridized carbons (Fsp3) is 0.467. The van der Waals surface area contributed by atoms with Crippen LogP contribution in [0.2, 0.25) is 0 Å². The standard InChI is InChI=1S/C15H23NO/c1-12(11-16-15(2,3)4)9-13-7-6-8-14(10-13)17-5/h6-10,16H,11H2,1-5H3. The van der Waals surface area contributed by atoms with Gasteiger partial charge < -0.3 is 10.1 Å². The van der Waals surface area contributed by atoms with Crippen molar-refractivity contribution < 1.29 is 4.74 Å². The predicted molar refractivity (Wildman–Crippen MR) is 74.4 cm³/mol. The number of rotatable bonds is 4. The zero-order valence-corrected chi connectivity index (χ0v) is 11.5. The summed E-state index contributed by atoms with van der Waals surface area (Å²) in [5.74, 6) is 0.898. The number of hydrogen-bond acceptors (Lipinski definition) is 2. The van der Waals surface area contributed by atoms with Gasteiger partial charge in [-0.25, -0.2) is 0 Å². The van der Waals surface area contributed by atoms with Crippen LogP contribution < -0.4 is 10.1 Å². The molecule has 2 heteroatoms. The summed E-state index contributed by atoms with van der Waals surface area (Å²) in [4.78, 5) is 0. The fourth-order valence-corrected chi connectivity index (χ4v) is 1.47. The Balaban J connectivity index is 2.67. The van der Waals surface area contributed by atoms with E-state index in [1.807, 2.05) is 18.2 Å². The molecular weight excluding hydrogens is 210 g/mol. The van der Waals surface area contributed by atoms with Crippen molar-refractivity contribution in [2.75, 3.05) is 13.7 Å². The first-order valence-corrected chi connectivity index (χ1v) is 5.97. The van der Waals surface area contributed by atoms with Gasteiger partial charge in [-0.1, -0.05) is 23.8 Å². The van der Waals surface area contributed by atoms with Gasteiger partial charge in [0.1, 0.15) is 5.75 Å². The molecule has 0 heterocycles. The molecule has 0 aliphatic carbocycles. The Bertz CT molecular complexity index is 388. The van der Waals surface area contributed by atoms with Crippen LogP contribution in [0, 0.1) is 0 Å². The molecule has 0 radical (unpaired) electrons. The van der Waals surface area contributed by atoms with E-state index in [1.54, 1.807) is 7.11 Å². The van der Waals surface area contributed by atoms with E-state index < -0.39 is 0 Å². The molecule has 1 rings (SSSR count). The minimum Gasteiger partial charge on any atom is -0.497 e. The minimum absolute atomic E-state index is 0.156. The average Bonchev–Trinajstić information content (AvgIpc) is 2.26. The van der Waals surface area contributed by atoms with E-state index in [4.69, 9.17) is 4.74 Å².